The summed E-state index contributed by atoms with van der Waals surface area (Å²) in [6, 6.07) is 3.30. The first-order chi connectivity index (χ1) is 10.0. The zero-order valence-corrected chi connectivity index (χ0v) is 11.6. The lowest BCUT2D eigenvalue weighted by Gasteiger charge is -2.36. The van der Waals surface area contributed by atoms with E-state index in [-0.39, 0.29) is 29.3 Å². The first kappa shape index (κ1) is 14.2. The van der Waals surface area contributed by atoms with Crippen molar-refractivity contribution in [1.82, 2.24) is 0 Å². The Morgan fingerprint density at radius 1 is 1.10 bits per heavy atom. The summed E-state index contributed by atoms with van der Waals surface area (Å²) in [5.74, 6) is -2.04. The highest BCUT2D eigenvalue weighted by Crippen LogP contribution is 2.40. The first-order valence-corrected chi connectivity index (χ1v) is 7.34. The summed E-state index contributed by atoms with van der Waals surface area (Å²) in [5.41, 5.74) is 0.251. The number of amides is 1. The molecule has 2 saturated carbocycles. The van der Waals surface area contributed by atoms with Gasteiger partial charge in [-0.2, -0.15) is 0 Å². The number of ketones is 1. The summed E-state index contributed by atoms with van der Waals surface area (Å²) in [5, 5.41) is 2.63. The molecule has 0 spiro atoms. The minimum absolute atomic E-state index is 0.00166. The second kappa shape index (κ2) is 5.54. The summed E-state index contributed by atoms with van der Waals surface area (Å²) < 4.78 is 26.0. The van der Waals surface area contributed by atoms with Crippen molar-refractivity contribution in [2.45, 2.75) is 32.1 Å². The van der Waals surface area contributed by atoms with Crippen LogP contribution in [0.2, 0.25) is 0 Å². The topological polar surface area (TPSA) is 46.2 Å². The number of rotatable bonds is 2. The van der Waals surface area contributed by atoms with Gasteiger partial charge >= 0.3 is 0 Å². The molecule has 3 atom stereocenters. The second-order valence-electron chi connectivity index (χ2n) is 6.01. The molecule has 112 valence electrons. The van der Waals surface area contributed by atoms with E-state index in [1.165, 1.54) is 6.07 Å². The molecule has 1 aromatic carbocycles. The molecule has 0 aliphatic heterocycles. The van der Waals surface area contributed by atoms with E-state index in [1.807, 2.05) is 0 Å². The molecule has 0 aromatic heterocycles. The molecule has 0 radical (unpaired) electrons. The lowest BCUT2D eigenvalue weighted by molar-refractivity contribution is -0.136. The molecule has 2 bridgehead atoms. The smallest absolute Gasteiger partial charge is 0.227 e. The molecule has 3 nitrogen and oxygen atoms in total. The second-order valence-corrected chi connectivity index (χ2v) is 6.01. The summed E-state index contributed by atoms with van der Waals surface area (Å²) in [7, 11) is 0. The molecule has 2 aliphatic carbocycles. The van der Waals surface area contributed by atoms with Crippen molar-refractivity contribution < 1.29 is 18.4 Å². The van der Waals surface area contributed by atoms with Crippen LogP contribution in [-0.2, 0) is 9.59 Å². The minimum atomic E-state index is -0.983. The maximum absolute atomic E-state index is 13.1. The number of Topliss-reactive ketones (excluding diaryl/α,β-unsaturated/α-hetero) is 1. The Morgan fingerprint density at radius 3 is 2.38 bits per heavy atom. The van der Waals surface area contributed by atoms with Crippen LogP contribution >= 0.6 is 0 Å². The third kappa shape index (κ3) is 2.82. The molecular weight excluding hydrogens is 276 g/mol. The summed E-state index contributed by atoms with van der Waals surface area (Å²) in [4.78, 5) is 24.3. The largest absolute Gasteiger partial charge is 0.326 e. The van der Waals surface area contributed by atoms with E-state index < -0.39 is 11.6 Å². The van der Waals surface area contributed by atoms with Gasteiger partial charge in [0.15, 0.2) is 11.6 Å². The van der Waals surface area contributed by atoms with Crippen LogP contribution in [0, 0.1) is 29.4 Å². The van der Waals surface area contributed by atoms with Crippen molar-refractivity contribution in [3.63, 3.8) is 0 Å². The molecule has 0 saturated heterocycles. The quantitative estimate of drug-likeness (QED) is 0.909. The van der Waals surface area contributed by atoms with Crippen molar-refractivity contribution in [2.24, 2.45) is 17.8 Å². The highest BCUT2D eigenvalue weighted by Gasteiger charge is 2.41. The van der Waals surface area contributed by atoms with Gasteiger partial charge in [0.05, 0.1) is 0 Å². The predicted molar refractivity (Wildman–Crippen MR) is 73.5 cm³/mol. The first-order valence-electron chi connectivity index (χ1n) is 7.34. The fourth-order valence-corrected chi connectivity index (χ4v) is 3.51. The molecule has 1 amide bonds. The molecule has 21 heavy (non-hydrogen) atoms. The van der Waals surface area contributed by atoms with E-state index in [9.17, 15) is 18.4 Å². The molecule has 3 rings (SSSR count). The van der Waals surface area contributed by atoms with E-state index in [1.54, 1.807) is 0 Å². The van der Waals surface area contributed by atoms with Crippen LogP contribution in [-0.4, -0.2) is 11.7 Å². The maximum atomic E-state index is 13.1. The number of carbonyl (C=O) groups excluding carboxylic acids is 2. The third-order valence-corrected chi connectivity index (χ3v) is 4.61. The van der Waals surface area contributed by atoms with Gasteiger partial charge in [0, 0.05) is 29.5 Å². The van der Waals surface area contributed by atoms with E-state index in [0.29, 0.717) is 18.6 Å². The van der Waals surface area contributed by atoms with Crippen molar-refractivity contribution in [3.05, 3.63) is 29.8 Å². The zero-order valence-electron chi connectivity index (χ0n) is 11.6. The van der Waals surface area contributed by atoms with Crippen LogP contribution in [0.3, 0.4) is 0 Å². The number of hydrogen-bond donors (Lipinski definition) is 1. The molecule has 0 heterocycles. The molecule has 5 heteroatoms. The average Bonchev–Trinajstić information content (AvgIpc) is 2.42. The van der Waals surface area contributed by atoms with Gasteiger partial charge in [0.2, 0.25) is 5.91 Å². The molecule has 1 N–H and O–H groups in total. The Balaban J connectivity index is 1.68. The van der Waals surface area contributed by atoms with E-state index in [0.717, 1.165) is 31.4 Å². The van der Waals surface area contributed by atoms with Gasteiger partial charge in [-0.05, 0) is 37.8 Å². The Bertz CT molecular complexity index is 572. The number of hydrogen-bond acceptors (Lipinski definition) is 2. The highest BCUT2D eigenvalue weighted by molar-refractivity contribution is 5.95. The number of benzene rings is 1. The molecule has 1 aromatic rings. The molecule has 2 aliphatic rings. The summed E-state index contributed by atoms with van der Waals surface area (Å²) in [6.45, 7) is 0. The van der Waals surface area contributed by atoms with Crippen LogP contribution in [0.5, 0.6) is 0 Å². The Hall–Kier alpha value is -1.78. The fraction of sp³-hybridized carbons (Fsp3) is 0.500. The van der Waals surface area contributed by atoms with Crippen LogP contribution in [0.4, 0.5) is 14.5 Å². The number of nitrogens with one attached hydrogen (secondary N) is 1. The van der Waals surface area contributed by atoms with Crippen LogP contribution in [0.1, 0.15) is 32.1 Å². The normalized spacial score (nSPS) is 28.3. The highest BCUT2D eigenvalue weighted by atomic mass is 19.2. The summed E-state index contributed by atoms with van der Waals surface area (Å²) >= 11 is 0. The summed E-state index contributed by atoms with van der Waals surface area (Å²) in [6.07, 6.45) is 3.93. The fourth-order valence-electron chi connectivity index (χ4n) is 3.51. The van der Waals surface area contributed by atoms with Crippen LogP contribution < -0.4 is 5.32 Å². The predicted octanol–water partition coefficient (Wildman–Crippen LogP) is 3.30. The minimum Gasteiger partial charge on any atom is -0.326 e. The van der Waals surface area contributed by atoms with Gasteiger partial charge in [-0.1, -0.05) is 6.42 Å². The third-order valence-electron chi connectivity index (χ3n) is 4.61. The number of anilines is 1. The number of fused-ring (bicyclic) bond motifs is 2. The Labute approximate surface area is 121 Å². The lowest BCUT2D eigenvalue weighted by Crippen LogP contribution is -2.40. The standard InChI is InChI=1S/C16H17F2NO2/c17-13-5-4-12(8-14(13)18)19-16(21)11-6-9-2-1-3-10(7-11)15(9)20/h4-5,8-11H,1-3,6-7H2,(H,19,21)/t9-,10+,11?. The van der Waals surface area contributed by atoms with Gasteiger partial charge in [-0.3, -0.25) is 9.59 Å². The van der Waals surface area contributed by atoms with E-state index >= 15 is 0 Å². The molecule has 2 fully saturated rings. The zero-order chi connectivity index (χ0) is 15.0. The van der Waals surface area contributed by atoms with Crippen molar-refractivity contribution >= 4 is 17.4 Å². The maximum Gasteiger partial charge on any atom is 0.227 e. The monoisotopic (exact) mass is 293 g/mol. The van der Waals surface area contributed by atoms with E-state index in [4.69, 9.17) is 0 Å². The Morgan fingerprint density at radius 2 is 1.76 bits per heavy atom. The molecular formula is C16H17F2NO2. The van der Waals surface area contributed by atoms with Gasteiger partial charge in [0.25, 0.3) is 0 Å². The van der Waals surface area contributed by atoms with Gasteiger partial charge < -0.3 is 5.32 Å². The van der Waals surface area contributed by atoms with Gasteiger partial charge in [-0.15, -0.1) is 0 Å². The lowest BCUT2D eigenvalue weighted by atomic mass is 9.67. The number of halogens is 2. The molecule has 1 unspecified atom stereocenters. The van der Waals surface area contributed by atoms with Crippen LogP contribution in [0.15, 0.2) is 18.2 Å². The van der Waals surface area contributed by atoms with Crippen molar-refractivity contribution in [3.8, 4) is 0 Å². The van der Waals surface area contributed by atoms with Crippen molar-refractivity contribution in [1.29, 1.82) is 0 Å². The number of carbonyl (C=O) groups is 2. The average molecular weight is 293 g/mol. The SMILES string of the molecule is O=C(Nc1ccc(F)c(F)c1)C1C[C@H]2CCC[C@@H](C1)C2=O. The van der Waals surface area contributed by atoms with Gasteiger partial charge in [-0.25, -0.2) is 8.78 Å². The van der Waals surface area contributed by atoms with Crippen molar-refractivity contribution in [2.75, 3.05) is 5.32 Å². The van der Waals surface area contributed by atoms with Crippen LogP contribution in [0.25, 0.3) is 0 Å². The Kier molecular flexibility index (Phi) is 3.74. The van der Waals surface area contributed by atoms with E-state index in [2.05, 4.69) is 5.32 Å². The van der Waals surface area contributed by atoms with Gasteiger partial charge in [0.1, 0.15) is 5.78 Å².